The Morgan fingerprint density at radius 3 is 2.62 bits per heavy atom. The molecule has 0 unspecified atom stereocenters. The average molecular weight is 408 g/mol. The lowest BCUT2D eigenvalue weighted by Crippen LogP contribution is -2.45. The SMILES string of the molecule is Cc1cc(Cl)cc2c1-n1c(nnc1N1CCN(C)CC1)CN=C2c1ccccn1. The first kappa shape index (κ1) is 18.3. The van der Waals surface area contributed by atoms with Crippen molar-refractivity contribution in [2.75, 3.05) is 38.1 Å². The molecule has 29 heavy (non-hydrogen) atoms. The zero-order valence-corrected chi connectivity index (χ0v) is 17.3. The van der Waals surface area contributed by atoms with Crippen molar-refractivity contribution in [3.63, 3.8) is 0 Å². The van der Waals surface area contributed by atoms with E-state index in [1.54, 1.807) is 6.20 Å². The minimum atomic E-state index is 0.443. The van der Waals surface area contributed by atoms with Gasteiger partial charge in [0.25, 0.3) is 0 Å². The molecule has 0 aliphatic carbocycles. The fourth-order valence-corrected chi connectivity index (χ4v) is 4.29. The molecular weight excluding hydrogens is 386 g/mol. The molecular formula is C21H22ClN7. The van der Waals surface area contributed by atoms with Gasteiger partial charge in [-0.3, -0.25) is 14.5 Å². The van der Waals surface area contributed by atoms with Crippen molar-refractivity contribution in [3.05, 3.63) is 64.2 Å². The van der Waals surface area contributed by atoms with E-state index in [9.17, 15) is 0 Å². The monoisotopic (exact) mass is 407 g/mol. The number of halogens is 1. The molecule has 0 atom stereocenters. The van der Waals surface area contributed by atoms with Gasteiger partial charge in [-0.05, 0) is 43.8 Å². The summed E-state index contributed by atoms with van der Waals surface area (Å²) in [6, 6.07) is 9.82. The molecule has 1 aromatic carbocycles. The minimum absolute atomic E-state index is 0.443. The summed E-state index contributed by atoms with van der Waals surface area (Å²) in [6.07, 6.45) is 1.79. The van der Waals surface area contributed by atoms with Crippen LogP contribution >= 0.6 is 11.6 Å². The highest BCUT2D eigenvalue weighted by atomic mass is 35.5. The van der Waals surface area contributed by atoms with Crippen molar-refractivity contribution in [2.45, 2.75) is 13.5 Å². The summed E-state index contributed by atoms with van der Waals surface area (Å²) in [7, 11) is 2.15. The van der Waals surface area contributed by atoms with Crippen LogP contribution in [0.5, 0.6) is 0 Å². The lowest BCUT2D eigenvalue weighted by atomic mass is 10.0. The number of aromatic nitrogens is 4. The number of rotatable bonds is 2. The molecule has 5 rings (SSSR count). The van der Waals surface area contributed by atoms with Gasteiger partial charge in [0.2, 0.25) is 5.95 Å². The van der Waals surface area contributed by atoms with Gasteiger partial charge in [-0.25, -0.2) is 0 Å². The van der Waals surface area contributed by atoms with Crippen LogP contribution in [-0.4, -0.2) is 63.6 Å². The van der Waals surface area contributed by atoms with Crippen LogP contribution in [0.2, 0.25) is 5.02 Å². The number of pyridine rings is 1. The zero-order chi connectivity index (χ0) is 20.0. The third kappa shape index (κ3) is 3.20. The molecule has 1 saturated heterocycles. The second-order valence-electron chi connectivity index (χ2n) is 7.54. The van der Waals surface area contributed by atoms with Crippen LogP contribution in [0.25, 0.3) is 5.69 Å². The summed E-state index contributed by atoms with van der Waals surface area (Å²) >= 11 is 6.46. The number of likely N-dealkylation sites (N-methyl/N-ethyl adjacent to an activating group) is 1. The maximum atomic E-state index is 6.46. The summed E-state index contributed by atoms with van der Waals surface area (Å²) in [4.78, 5) is 14.0. The van der Waals surface area contributed by atoms with Crippen LogP contribution in [-0.2, 0) is 6.54 Å². The first-order valence-electron chi connectivity index (χ1n) is 9.76. The Morgan fingerprint density at radius 1 is 1.03 bits per heavy atom. The van der Waals surface area contributed by atoms with E-state index < -0.39 is 0 Å². The Hall–Kier alpha value is -2.77. The molecule has 8 heteroatoms. The highest BCUT2D eigenvalue weighted by Crippen LogP contribution is 2.33. The number of piperazine rings is 1. The third-order valence-electron chi connectivity index (χ3n) is 5.53. The first-order chi connectivity index (χ1) is 14.1. The Labute approximate surface area is 174 Å². The lowest BCUT2D eigenvalue weighted by molar-refractivity contribution is 0.310. The molecule has 7 nitrogen and oxygen atoms in total. The van der Waals surface area contributed by atoms with Gasteiger partial charge >= 0.3 is 0 Å². The maximum absolute atomic E-state index is 6.46. The topological polar surface area (TPSA) is 62.4 Å². The summed E-state index contributed by atoms with van der Waals surface area (Å²) in [5, 5.41) is 9.73. The molecule has 2 aliphatic rings. The van der Waals surface area contributed by atoms with Gasteiger partial charge in [0.1, 0.15) is 6.54 Å². The van der Waals surface area contributed by atoms with Crippen molar-refractivity contribution in [1.82, 2.24) is 24.6 Å². The number of aliphatic imine (C=N–C) groups is 1. The van der Waals surface area contributed by atoms with E-state index in [2.05, 4.69) is 43.5 Å². The number of benzene rings is 1. The molecule has 3 aromatic rings. The van der Waals surface area contributed by atoms with Crippen molar-refractivity contribution in [2.24, 2.45) is 4.99 Å². The molecule has 0 N–H and O–H groups in total. The Kier molecular flexibility index (Phi) is 4.56. The molecule has 2 aliphatic heterocycles. The second-order valence-corrected chi connectivity index (χ2v) is 7.98. The van der Waals surface area contributed by atoms with Crippen LogP contribution < -0.4 is 4.90 Å². The number of hydrogen-bond acceptors (Lipinski definition) is 6. The zero-order valence-electron chi connectivity index (χ0n) is 16.5. The summed E-state index contributed by atoms with van der Waals surface area (Å²) in [6.45, 7) is 6.37. The van der Waals surface area contributed by atoms with Crippen molar-refractivity contribution < 1.29 is 0 Å². The molecule has 0 amide bonds. The third-order valence-corrected chi connectivity index (χ3v) is 5.75. The van der Waals surface area contributed by atoms with E-state index in [4.69, 9.17) is 16.6 Å². The van der Waals surface area contributed by atoms with E-state index >= 15 is 0 Å². The largest absolute Gasteiger partial charge is 0.338 e. The fourth-order valence-electron chi connectivity index (χ4n) is 4.02. The van der Waals surface area contributed by atoms with Gasteiger partial charge in [0.05, 0.1) is 17.1 Å². The molecule has 0 radical (unpaired) electrons. The number of aryl methyl sites for hydroxylation is 1. The van der Waals surface area contributed by atoms with E-state index in [0.717, 1.165) is 66.2 Å². The Morgan fingerprint density at radius 2 is 1.86 bits per heavy atom. The first-order valence-corrected chi connectivity index (χ1v) is 10.1. The van der Waals surface area contributed by atoms with Crippen LogP contribution in [0.15, 0.2) is 41.5 Å². The molecule has 0 bridgehead atoms. The van der Waals surface area contributed by atoms with Crippen LogP contribution in [0, 0.1) is 6.92 Å². The lowest BCUT2D eigenvalue weighted by Gasteiger charge is -2.33. The number of nitrogens with zero attached hydrogens (tertiary/aromatic N) is 7. The number of hydrogen-bond donors (Lipinski definition) is 0. The maximum Gasteiger partial charge on any atom is 0.232 e. The van der Waals surface area contributed by atoms with Gasteiger partial charge in [-0.2, -0.15) is 0 Å². The predicted molar refractivity (Wildman–Crippen MR) is 114 cm³/mol. The van der Waals surface area contributed by atoms with Gasteiger partial charge in [0.15, 0.2) is 5.82 Å². The van der Waals surface area contributed by atoms with Gasteiger partial charge in [-0.15, -0.1) is 10.2 Å². The van der Waals surface area contributed by atoms with Gasteiger partial charge in [0, 0.05) is 43.0 Å². The molecule has 0 spiro atoms. The van der Waals surface area contributed by atoms with E-state index in [-0.39, 0.29) is 0 Å². The number of fused-ring (bicyclic) bond motifs is 3. The second kappa shape index (κ2) is 7.24. The summed E-state index contributed by atoms with van der Waals surface area (Å²) < 4.78 is 2.16. The van der Waals surface area contributed by atoms with Gasteiger partial charge in [-0.1, -0.05) is 17.7 Å². The number of anilines is 1. The van der Waals surface area contributed by atoms with Crippen molar-refractivity contribution >= 4 is 23.3 Å². The molecule has 1 fully saturated rings. The average Bonchev–Trinajstić information content (AvgIpc) is 3.05. The van der Waals surface area contributed by atoms with Crippen LogP contribution in [0.4, 0.5) is 5.95 Å². The van der Waals surface area contributed by atoms with Crippen molar-refractivity contribution in [1.29, 1.82) is 0 Å². The Balaban J connectivity index is 1.70. The van der Waals surface area contributed by atoms with Crippen molar-refractivity contribution in [3.8, 4) is 5.69 Å². The fraction of sp³-hybridized carbons (Fsp3) is 0.333. The van der Waals surface area contributed by atoms with Crippen LogP contribution in [0.3, 0.4) is 0 Å². The standard InChI is InChI=1S/C21H22ClN7/c1-14-11-15(22)12-16-19(17-5-3-4-6-23-17)24-13-18-25-26-21(29(18)20(14)16)28-9-7-27(2)8-10-28/h3-6,11-12H,7-10,13H2,1-2H3. The molecule has 2 aromatic heterocycles. The molecule has 148 valence electrons. The van der Waals surface area contributed by atoms with E-state index in [1.165, 1.54) is 0 Å². The summed E-state index contributed by atoms with van der Waals surface area (Å²) in [5.74, 6) is 1.70. The highest BCUT2D eigenvalue weighted by Gasteiger charge is 2.28. The normalized spacial score (nSPS) is 16.8. The molecule has 4 heterocycles. The van der Waals surface area contributed by atoms with Crippen LogP contribution in [0.1, 0.15) is 22.6 Å². The van der Waals surface area contributed by atoms with Gasteiger partial charge < -0.3 is 9.80 Å². The van der Waals surface area contributed by atoms with E-state index in [0.29, 0.717) is 11.6 Å². The predicted octanol–water partition coefficient (Wildman–Crippen LogP) is 2.73. The smallest absolute Gasteiger partial charge is 0.232 e. The summed E-state index contributed by atoms with van der Waals surface area (Å²) in [5.41, 5.74) is 4.72. The van der Waals surface area contributed by atoms with E-state index in [1.807, 2.05) is 30.3 Å². The quantitative estimate of drug-likeness (QED) is 0.653. The minimum Gasteiger partial charge on any atom is -0.338 e. The highest BCUT2D eigenvalue weighted by molar-refractivity contribution is 6.31. The Bertz CT molecular complexity index is 1080. The molecule has 0 saturated carbocycles.